The molecule has 1 aromatic carbocycles. The van der Waals surface area contributed by atoms with Crippen LogP contribution in [0.1, 0.15) is 12.8 Å². The number of hydrogen-bond acceptors (Lipinski definition) is 2. The van der Waals surface area contributed by atoms with Crippen molar-refractivity contribution in [1.29, 1.82) is 0 Å². The van der Waals surface area contributed by atoms with Crippen molar-refractivity contribution in [3.63, 3.8) is 0 Å². The summed E-state index contributed by atoms with van der Waals surface area (Å²) in [5.41, 5.74) is 1.50. The zero-order chi connectivity index (χ0) is 15.5. The number of hydrogen-bond donors (Lipinski definition) is 1. The molecule has 1 aromatic rings. The smallest absolute Gasteiger partial charge is 0.0644 e. The summed E-state index contributed by atoms with van der Waals surface area (Å²) in [6, 6.07) is 9.10. The third kappa shape index (κ3) is 3.13. The molecule has 0 saturated carbocycles. The van der Waals surface area contributed by atoms with Crippen molar-refractivity contribution in [2.75, 3.05) is 6.54 Å². The summed E-state index contributed by atoms with van der Waals surface area (Å²) in [6.45, 7) is 0.824. The summed E-state index contributed by atoms with van der Waals surface area (Å²) in [7, 11) is 0. The second-order valence-corrected chi connectivity index (χ2v) is 6.38. The Bertz CT molecular complexity index is 810. The van der Waals surface area contributed by atoms with E-state index >= 15 is 0 Å². The monoisotopic (exact) mass is 302 g/mol. The average Bonchev–Trinajstić information content (AvgIpc) is 2.63. The van der Waals surface area contributed by atoms with E-state index in [1.54, 1.807) is 0 Å². The van der Waals surface area contributed by atoms with Crippen molar-refractivity contribution < 1.29 is 0 Å². The van der Waals surface area contributed by atoms with Crippen molar-refractivity contribution in [2.45, 2.75) is 24.9 Å². The number of allylic oxidation sites excluding steroid dienone is 6. The van der Waals surface area contributed by atoms with E-state index in [2.05, 4.69) is 78.2 Å². The van der Waals surface area contributed by atoms with Gasteiger partial charge in [0.2, 0.25) is 0 Å². The minimum Gasteiger partial charge on any atom is -0.302 e. The molecule has 0 bridgehead atoms. The Morgan fingerprint density at radius 3 is 2.83 bits per heavy atom. The van der Waals surface area contributed by atoms with Crippen LogP contribution in [0.2, 0.25) is 0 Å². The van der Waals surface area contributed by atoms with Crippen LogP contribution >= 0.6 is 0 Å². The van der Waals surface area contributed by atoms with Gasteiger partial charge in [0, 0.05) is 18.0 Å². The van der Waals surface area contributed by atoms with Gasteiger partial charge in [-0.15, -0.1) is 0 Å². The van der Waals surface area contributed by atoms with Crippen LogP contribution in [0.15, 0.2) is 77.4 Å². The van der Waals surface area contributed by atoms with E-state index in [-0.39, 0.29) is 0 Å². The van der Waals surface area contributed by atoms with Crippen molar-refractivity contribution in [3.05, 3.63) is 82.9 Å². The first-order valence-electron chi connectivity index (χ1n) is 8.47. The van der Waals surface area contributed by atoms with E-state index in [1.807, 2.05) is 0 Å². The van der Waals surface area contributed by atoms with E-state index in [4.69, 9.17) is 4.99 Å². The minimum atomic E-state index is 0.313. The molecule has 0 saturated heterocycles. The lowest BCUT2D eigenvalue weighted by Crippen LogP contribution is -2.46. The lowest BCUT2D eigenvalue weighted by Gasteiger charge is -2.31. The molecule has 1 N–H and O–H groups in total. The van der Waals surface area contributed by atoms with Gasteiger partial charge < -0.3 is 5.32 Å². The predicted molar refractivity (Wildman–Crippen MR) is 95.5 cm³/mol. The Morgan fingerprint density at radius 2 is 1.91 bits per heavy atom. The Kier molecular flexibility index (Phi) is 4.08. The van der Waals surface area contributed by atoms with E-state index in [0.29, 0.717) is 18.0 Å². The van der Waals surface area contributed by atoms with Crippen LogP contribution in [0.3, 0.4) is 0 Å². The SMILES string of the molecule is C1=CCC(C2=CC=CCC2NC2C=c3ccccc3=NC2)C=C1. The van der Waals surface area contributed by atoms with Crippen LogP contribution < -0.4 is 15.9 Å². The maximum atomic E-state index is 4.72. The largest absolute Gasteiger partial charge is 0.302 e. The third-order valence-electron chi connectivity index (χ3n) is 4.80. The summed E-state index contributed by atoms with van der Waals surface area (Å²) in [6.07, 6.45) is 20.1. The number of fused-ring (bicyclic) bond motifs is 1. The summed E-state index contributed by atoms with van der Waals surface area (Å²) >= 11 is 0. The van der Waals surface area contributed by atoms with Crippen LogP contribution in [0.25, 0.3) is 6.08 Å². The average molecular weight is 302 g/mol. The van der Waals surface area contributed by atoms with Gasteiger partial charge in [0.05, 0.1) is 11.9 Å². The second kappa shape index (κ2) is 6.51. The molecule has 0 amide bonds. The predicted octanol–water partition coefficient (Wildman–Crippen LogP) is 2.45. The fraction of sp³-hybridized carbons (Fsp3) is 0.286. The maximum Gasteiger partial charge on any atom is 0.0644 e. The van der Waals surface area contributed by atoms with E-state index < -0.39 is 0 Å². The maximum absolute atomic E-state index is 4.72. The lowest BCUT2D eigenvalue weighted by atomic mass is 9.84. The molecule has 0 spiro atoms. The van der Waals surface area contributed by atoms with Crippen molar-refractivity contribution in [2.24, 2.45) is 10.9 Å². The molecule has 23 heavy (non-hydrogen) atoms. The molecule has 1 heterocycles. The van der Waals surface area contributed by atoms with Gasteiger partial charge in [-0.2, -0.15) is 0 Å². The highest BCUT2D eigenvalue weighted by atomic mass is 15.0. The van der Waals surface area contributed by atoms with Crippen LogP contribution in [-0.2, 0) is 0 Å². The number of nitrogens with zero attached hydrogens (tertiary/aromatic N) is 1. The highest BCUT2D eigenvalue weighted by Gasteiger charge is 2.24. The Morgan fingerprint density at radius 1 is 1.00 bits per heavy atom. The van der Waals surface area contributed by atoms with Gasteiger partial charge >= 0.3 is 0 Å². The summed E-state index contributed by atoms with van der Waals surface area (Å²) in [5.74, 6) is 0.523. The molecule has 116 valence electrons. The van der Waals surface area contributed by atoms with Gasteiger partial charge in [-0.3, -0.25) is 4.99 Å². The second-order valence-electron chi connectivity index (χ2n) is 6.38. The molecule has 2 aliphatic carbocycles. The summed E-state index contributed by atoms with van der Waals surface area (Å²) < 4.78 is 0. The first-order valence-corrected chi connectivity index (χ1v) is 8.47. The van der Waals surface area contributed by atoms with Crippen LogP contribution in [0.5, 0.6) is 0 Å². The molecule has 3 unspecified atom stereocenters. The Labute approximate surface area is 137 Å². The Hall–Kier alpha value is -2.19. The van der Waals surface area contributed by atoms with Gasteiger partial charge in [-0.05, 0) is 29.7 Å². The molecule has 1 aliphatic heterocycles. The molecular formula is C21H22N2. The van der Waals surface area contributed by atoms with Gasteiger partial charge in [0.15, 0.2) is 0 Å². The summed E-state index contributed by atoms with van der Waals surface area (Å²) in [4.78, 5) is 4.72. The molecule has 0 fully saturated rings. The molecule has 4 rings (SSSR count). The zero-order valence-corrected chi connectivity index (χ0v) is 13.2. The normalized spacial score (nSPS) is 28.5. The lowest BCUT2D eigenvalue weighted by molar-refractivity contribution is 0.494. The molecule has 3 aliphatic rings. The minimum absolute atomic E-state index is 0.313. The van der Waals surface area contributed by atoms with Gasteiger partial charge in [-0.25, -0.2) is 0 Å². The molecule has 3 atom stereocenters. The quantitative estimate of drug-likeness (QED) is 0.911. The van der Waals surface area contributed by atoms with Crippen molar-refractivity contribution in [1.82, 2.24) is 5.32 Å². The summed E-state index contributed by atoms with van der Waals surface area (Å²) in [5, 5.41) is 6.18. The standard InChI is InChI=1S/C21H22N2/c1-2-8-16(9-3-1)19-11-5-7-13-21(19)23-18-14-17-10-4-6-12-20(17)22-15-18/h1-8,10-12,14,16,18,21,23H,9,13,15H2. The Balaban J connectivity index is 1.53. The van der Waals surface area contributed by atoms with Crippen LogP contribution in [0.4, 0.5) is 0 Å². The van der Waals surface area contributed by atoms with Crippen molar-refractivity contribution >= 4 is 6.08 Å². The number of para-hydroxylation sites is 1. The van der Waals surface area contributed by atoms with Gasteiger partial charge in [-0.1, -0.05) is 66.8 Å². The topological polar surface area (TPSA) is 24.4 Å². The number of rotatable bonds is 3. The zero-order valence-electron chi connectivity index (χ0n) is 13.2. The molecule has 0 aromatic heterocycles. The third-order valence-corrected chi connectivity index (χ3v) is 4.80. The number of benzene rings is 1. The fourth-order valence-electron chi connectivity index (χ4n) is 3.62. The van der Waals surface area contributed by atoms with E-state index in [9.17, 15) is 0 Å². The van der Waals surface area contributed by atoms with Crippen LogP contribution in [0, 0.1) is 5.92 Å². The molecule has 2 heteroatoms. The van der Waals surface area contributed by atoms with E-state index in [1.165, 1.54) is 10.8 Å². The molecular weight excluding hydrogens is 280 g/mol. The number of nitrogens with one attached hydrogen (secondary N) is 1. The highest BCUT2D eigenvalue weighted by Crippen LogP contribution is 2.27. The first-order chi connectivity index (χ1) is 11.4. The molecule has 0 radical (unpaired) electrons. The first kappa shape index (κ1) is 14.4. The molecule has 2 nitrogen and oxygen atoms in total. The van der Waals surface area contributed by atoms with E-state index in [0.717, 1.165) is 24.7 Å². The van der Waals surface area contributed by atoms with Gasteiger partial charge in [0.1, 0.15) is 0 Å². The van der Waals surface area contributed by atoms with Crippen molar-refractivity contribution in [3.8, 4) is 0 Å². The van der Waals surface area contributed by atoms with Crippen LogP contribution in [-0.4, -0.2) is 18.6 Å². The van der Waals surface area contributed by atoms with Gasteiger partial charge in [0.25, 0.3) is 0 Å². The highest BCUT2D eigenvalue weighted by molar-refractivity contribution is 5.36. The fourth-order valence-corrected chi connectivity index (χ4v) is 3.62.